The molecule has 6 atom stereocenters. The fourth-order valence-corrected chi connectivity index (χ4v) is 6.75. The summed E-state index contributed by atoms with van der Waals surface area (Å²) in [5.41, 5.74) is 3.05. The molecular weight excluding hydrogens is 284 g/mol. The Hall–Kier alpha value is -0.890. The van der Waals surface area contributed by atoms with E-state index in [-0.39, 0.29) is 17.3 Å². The molecule has 126 valence electrons. The molecule has 4 rings (SSSR count). The number of Topliss-reactive ketones (excluding diaryl/α,β-unsaturated/α-hetero) is 1. The monoisotopic (exact) mass is 314 g/mol. The second kappa shape index (κ2) is 5.05. The summed E-state index contributed by atoms with van der Waals surface area (Å²) in [5, 5.41) is 10.1. The molecule has 0 amide bonds. The lowest BCUT2D eigenvalue weighted by Gasteiger charge is -2.57. The quantitative estimate of drug-likeness (QED) is 0.727. The van der Waals surface area contributed by atoms with Crippen molar-refractivity contribution in [2.75, 3.05) is 0 Å². The number of carbonyl (C=O) groups excluding carboxylic acids is 1. The highest BCUT2D eigenvalue weighted by Gasteiger charge is 2.57. The van der Waals surface area contributed by atoms with Gasteiger partial charge in [-0.2, -0.15) is 0 Å². The van der Waals surface area contributed by atoms with Crippen LogP contribution in [0.3, 0.4) is 0 Å². The minimum Gasteiger partial charge on any atom is -0.393 e. The van der Waals surface area contributed by atoms with Crippen LogP contribution < -0.4 is 0 Å². The van der Waals surface area contributed by atoms with Gasteiger partial charge in [-0.1, -0.05) is 31.6 Å². The third-order valence-electron chi connectivity index (χ3n) is 8.04. The van der Waals surface area contributed by atoms with Crippen LogP contribution in [0.1, 0.15) is 65.7 Å². The summed E-state index contributed by atoms with van der Waals surface area (Å²) < 4.78 is 0. The molecule has 0 spiro atoms. The first-order valence-electron chi connectivity index (χ1n) is 9.45. The van der Waals surface area contributed by atoms with Gasteiger partial charge in [-0.3, -0.25) is 4.79 Å². The SMILES string of the molecule is CC(=O)C1=CC[C@@H]2[C@@H]3CC=C4C[C@@H](O)CC[C@]4(C)[C@@H]3CC[C@]12C. The molecule has 0 aromatic rings. The van der Waals surface area contributed by atoms with Gasteiger partial charge in [-0.25, -0.2) is 0 Å². The van der Waals surface area contributed by atoms with Gasteiger partial charge in [0, 0.05) is 0 Å². The van der Waals surface area contributed by atoms with E-state index in [1.165, 1.54) is 12.0 Å². The van der Waals surface area contributed by atoms with Crippen LogP contribution in [0.15, 0.2) is 23.3 Å². The second-order valence-corrected chi connectivity index (χ2v) is 9.02. The minimum atomic E-state index is -0.128. The lowest BCUT2D eigenvalue weighted by Crippen LogP contribution is -2.50. The first-order valence-corrected chi connectivity index (χ1v) is 9.45. The number of rotatable bonds is 1. The van der Waals surface area contributed by atoms with Crippen LogP contribution >= 0.6 is 0 Å². The van der Waals surface area contributed by atoms with Crippen molar-refractivity contribution >= 4 is 5.78 Å². The van der Waals surface area contributed by atoms with Crippen molar-refractivity contribution in [2.24, 2.45) is 28.6 Å². The molecule has 4 aliphatic rings. The lowest BCUT2D eigenvalue weighted by atomic mass is 9.47. The molecule has 0 unspecified atom stereocenters. The van der Waals surface area contributed by atoms with E-state index >= 15 is 0 Å². The highest BCUT2D eigenvalue weighted by Crippen LogP contribution is 2.64. The summed E-state index contributed by atoms with van der Waals surface area (Å²) in [7, 11) is 0. The van der Waals surface area contributed by atoms with Crippen LogP contribution in [-0.2, 0) is 4.79 Å². The molecule has 23 heavy (non-hydrogen) atoms. The van der Waals surface area contributed by atoms with Crippen LogP contribution in [0.2, 0.25) is 0 Å². The van der Waals surface area contributed by atoms with Gasteiger partial charge < -0.3 is 5.11 Å². The first-order chi connectivity index (χ1) is 10.9. The number of aliphatic hydroxyl groups excluding tert-OH is 1. The Morgan fingerprint density at radius 1 is 1.09 bits per heavy atom. The predicted molar refractivity (Wildman–Crippen MR) is 91.9 cm³/mol. The van der Waals surface area contributed by atoms with Crippen molar-refractivity contribution in [3.05, 3.63) is 23.3 Å². The zero-order chi connectivity index (χ0) is 16.4. The highest BCUT2D eigenvalue weighted by atomic mass is 16.3. The number of aliphatic hydroxyl groups is 1. The number of carbonyl (C=O) groups is 1. The van der Waals surface area contributed by atoms with Gasteiger partial charge >= 0.3 is 0 Å². The average Bonchev–Trinajstić information content (AvgIpc) is 2.85. The molecule has 0 aromatic carbocycles. The summed E-state index contributed by atoms with van der Waals surface area (Å²) in [6.07, 6.45) is 12.2. The van der Waals surface area contributed by atoms with E-state index in [1.807, 2.05) is 0 Å². The molecule has 0 bridgehead atoms. The molecule has 0 aliphatic heterocycles. The zero-order valence-corrected chi connectivity index (χ0v) is 14.8. The van der Waals surface area contributed by atoms with Gasteiger partial charge in [0.1, 0.15) is 0 Å². The Kier molecular flexibility index (Phi) is 3.43. The molecule has 2 heteroatoms. The summed E-state index contributed by atoms with van der Waals surface area (Å²) in [5.74, 6) is 2.38. The van der Waals surface area contributed by atoms with E-state index < -0.39 is 0 Å². The van der Waals surface area contributed by atoms with Gasteiger partial charge in [-0.05, 0) is 86.0 Å². The number of allylic oxidation sites excluding steroid dienone is 3. The van der Waals surface area contributed by atoms with E-state index in [0.717, 1.165) is 50.0 Å². The summed E-state index contributed by atoms with van der Waals surface area (Å²) in [6, 6.07) is 0. The van der Waals surface area contributed by atoms with Crippen LogP contribution in [0, 0.1) is 28.6 Å². The predicted octanol–water partition coefficient (Wildman–Crippen LogP) is 4.44. The van der Waals surface area contributed by atoms with Gasteiger partial charge in [-0.15, -0.1) is 0 Å². The number of hydrogen-bond acceptors (Lipinski definition) is 2. The Labute approximate surface area is 140 Å². The third-order valence-corrected chi connectivity index (χ3v) is 8.04. The molecule has 2 fully saturated rings. The largest absolute Gasteiger partial charge is 0.393 e. The normalized spacial score (nSPS) is 48.7. The molecule has 4 aliphatic carbocycles. The van der Waals surface area contributed by atoms with Crippen LogP contribution in [0.25, 0.3) is 0 Å². The maximum Gasteiger partial charge on any atom is 0.156 e. The third kappa shape index (κ3) is 2.06. The van der Waals surface area contributed by atoms with E-state index in [0.29, 0.717) is 17.3 Å². The summed E-state index contributed by atoms with van der Waals surface area (Å²) in [4.78, 5) is 12.1. The van der Waals surface area contributed by atoms with Gasteiger partial charge in [0.2, 0.25) is 0 Å². The molecule has 1 N–H and O–H groups in total. The molecular formula is C21H30O2. The van der Waals surface area contributed by atoms with Crippen molar-refractivity contribution in [1.82, 2.24) is 0 Å². The topological polar surface area (TPSA) is 37.3 Å². The molecule has 2 saturated carbocycles. The molecule has 0 saturated heterocycles. The lowest BCUT2D eigenvalue weighted by molar-refractivity contribution is -0.115. The maximum atomic E-state index is 12.1. The average molecular weight is 314 g/mol. The van der Waals surface area contributed by atoms with Crippen LogP contribution in [0.5, 0.6) is 0 Å². The van der Waals surface area contributed by atoms with E-state index in [4.69, 9.17) is 0 Å². The standard InChI is InChI=1S/C21H30O2/c1-13(22)17-6-7-18-16-5-4-14-12-15(23)8-10-20(14,2)19(16)9-11-21(17,18)3/h4,6,15-16,18-19,23H,5,7-12H2,1-3H3/t15-,16-,18+,19+,20-,21+/m0/s1. The van der Waals surface area contributed by atoms with E-state index in [2.05, 4.69) is 26.0 Å². The van der Waals surface area contributed by atoms with Crippen LogP contribution in [0.4, 0.5) is 0 Å². The number of ketones is 1. The first kappa shape index (κ1) is 15.6. The van der Waals surface area contributed by atoms with Crippen molar-refractivity contribution in [3.8, 4) is 0 Å². The van der Waals surface area contributed by atoms with Crippen LogP contribution in [-0.4, -0.2) is 17.0 Å². The fourth-order valence-electron chi connectivity index (χ4n) is 6.75. The summed E-state index contributed by atoms with van der Waals surface area (Å²) in [6.45, 7) is 6.55. The smallest absolute Gasteiger partial charge is 0.156 e. The fraction of sp³-hybridized carbons (Fsp3) is 0.762. The Bertz CT molecular complexity index is 601. The van der Waals surface area contributed by atoms with E-state index in [9.17, 15) is 9.90 Å². The molecule has 2 nitrogen and oxygen atoms in total. The Morgan fingerprint density at radius 3 is 2.57 bits per heavy atom. The van der Waals surface area contributed by atoms with Gasteiger partial charge in [0.25, 0.3) is 0 Å². The molecule has 0 radical (unpaired) electrons. The molecule has 0 aromatic heterocycles. The minimum absolute atomic E-state index is 0.114. The maximum absolute atomic E-state index is 12.1. The highest BCUT2D eigenvalue weighted by molar-refractivity contribution is 5.95. The van der Waals surface area contributed by atoms with Crippen molar-refractivity contribution < 1.29 is 9.90 Å². The number of hydrogen-bond donors (Lipinski definition) is 1. The Balaban J connectivity index is 1.67. The second-order valence-electron chi connectivity index (χ2n) is 9.02. The van der Waals surface area contributed by atoms with Crippen molar-refractivity contribution in [3.63, 3.8) is 0 Å². The van der Waals surface area contributed by atoms with Crippen molar-refractivity contribution in [2.45, 2.75) is 71.8 Å². The van der Waals surface area contributed by atoms with Crippen molar-refractivity contribution in [1.29, 1.82) is 0 Å². The van der Waals surface area contributed by atoms with E-state index in [1.54, 1.807) is 6.92 Å². The Morgan fingerprint density at radius 2 is 1.83 bits per heavy atom. The summed E-state index contributed by atoms with van der Waals surface area (Å²) >= 11 is 0. The zero-order valence-electron chi connectivity index (χ0n) is 14.8. The van der Waals surface area contributed by atoms with Gasteiger partial charge in [0.15, 0.2) is 5.78 Å². The molecule has 0 heterocycles. The number of fused-ring (bicyclic) bond motifs is 5. The van der Waals surface area contributed by atoms with Gasteiger partial charge in [0.05, 0.1) is 6.10 Å².